The van der Waals surface area contributed by atoms with Gasteiger partial charge in [0, 0.05) is 18.0 Å². The number of nitrogens with zero attached hydrogens (tertiary/aromatic N) is 1. The quantitative estimate of drug-likeness (QED) is 0.874. The van der Waals surface area contributed by atoms with Crippen molar-refractivity contribution in [3.05, 3.63) is 47.1 Å². The molecule has 0 fully saturated rings. The van der Waals surface area contributed by atoms with Crippen LogP contribution in [-0.2, 0) is 4.74 Å². The van der Waals surface area contributed by atoms with E-state index in [0.29, 0.717) is 11.3 Å². The summed E-state index contributed by atoms with van der Waals surface area (Å²) in [5.74, 6) is 0.378. The Balaban J connectivity index is 2.31. The van der Waals surface area contributed by atoms with E-state index >= 15 is 0 Å². The predicted octanol–water partition coefficient (Wildman–Crippen LogP) is 1.88. The largest absolute Gasteiger partial charge is 0.453 e. The second kappa shape index (κ2) is 5.13. The predicted molar refractivity (Wildman–Crippen MR) is 64.2 cm³/mol. The number of ether oxygens (including phenoxy) is 1. The van der Waals surface area contributed by atoms with Gasteiger partial charge < -0.3 is 9.15 Å². The van der Waals surface area contributed by atoms with Gasteiger partial charge in [-0.05, 0) is 24.3 Å². The van der Waals surface area contributed by atoms with Crippen molar-refractivity contribution in [2.45, 2.75) is 0 Å². The molecule has 1 N–H and O–H groups in total. The molecule has 2 aromatic rings. The first-order chi connectivity index (χ1) is 8.70. The lowest BCUT2D eigenvalue weighted by atomic mass is 10.2. The second-order valence-electron chi connectivity index (χ2n) is 3.36. The molecule has 0 saturated carbocycles. The van der Waals surface area contributed by atoms with Gasteiger partial charge in [0.15, 0.2) is 0 Å². The number of pyridine rings is 1. The molecule has 6 nitrogen and oxygen atoms in total. The molecule has 0 unspecified atom stereocenters. The summed E-state index contributed by atoms with van der Waals surface area (Å²) >= 11 is 0. The zero-order valence-electron chi connectivity index (χ0n) is 9.54. The van der Waals surface area contributed by atoms with Crippen LogP contribution in [0.15, 0.2) is 45.9 Å². The molecule has 0 aliphatic rings. The molecule has 18 heavy (non-hydrogen) atoms. The minimum atomic E-state index is -0.726. The zero-order chi connectivity index (χ0) is 13.0. The van der Waals surface area contributed by atoms with Crippen molar-refractivity contribution >= 4 is 11.8 Å². The average Bonchev–Trinajstić information content (AvgIpc) is 2.42. The monoisotopic (exact) mass is 246 g/mol. The molecule has 2 rings (SSSR count). The minimum Gasteiger partial charge on any atom is -0.453 e. The molecular formula is C12H10N2O4. The first kappa shape index (κ1) is 11.8. The highest BCUT2D eigenvalue weighted by Gasteiger charge is 2.08. The summed E-state index contributed by atoms with van der Waals surface area (Å²) in [4.78, 5) is 26.5. The zero-order valence-corrected chi connectivity index (χ0v) is 9.54. The lowest BCUT2D eigenvalue weighted by molar-refractivity contribution is 0.187. The van der Waals surface area contributed by atoms with Crippen LogP contribution in [-0.4, -0.2) is 18.2 Å². The molecule has 0 aliphatic carbocycles. The van der Waals surface area contributed by atoms with E-state index in [9.17, 15) is 9.59 Å². The maximum absolute atomic E-state index is 11.6. The Hall–Kier alpha value is -2.63. The van der Waals surface area contributed by atoms with Crippen molar-refractivity contribution in [3.8, 4) is 11.3 Å². The van der Waals surface area contributed by atoms with E-state index in [1.165, 1.54) is 13.2 Å². The third-order valence-corrected chi connectivity index (χ3v) is 2.19. The normalized spacial score (nSPS) is 9.83. The molecule has 2 heterocycles. The topological polar surface area (TPSA) is 81.4 Å². The van der Waals surface area contributed by atoms with Crippen LogP contribution < -0.4 is 10.9 Å². The summed E-state index contributed by atoms with van der Waals surface area (Å²) < 4.78 is 9.46. The van der Waals surface area contributed by atoms with E-state index in [0.717, 1.165) is 0 Å². The first-order valence-electron chi connectivity index (χ1n) is 5.10. The maximum atomic E-state index is 11.6. The van der Waals surface area contributed by atoms with Crippen molar-refractivity contribution in [3.63, 3.8) is 0 Å². The van der Waals surface area contributed by atoms with Crippen LogP contribution in [0.25, 0.3) is 11.3 Å². The van der Waals surface area contributed by atoms with Gasteiger partial charge in [0.2, 0.25) is 0 Å². The molecule has 0 radical (unpaired) electrons. The van der Waals surface area contributed by atoms with Gasteiger partial charge >= 0.3 is 11.7 Å². The molecular weight excluding hydrogens is 236 g/mol. The van der Waals surface area contributed by atoms with Crippen molar-refractivity contribution < 1.29 is 13.9 Å². The lowest BCUT2D eigenvalue weighted by Gasteiger charge is -2.03. The number of hydrogen-bond acceptors (Lipinski definition) is 5. The molecule has 6 heteroatoms. The number of amides is 1. The summed E-state index contributed by atoms with van der Waals surface area (Å²) in [6.45, 7) is 0. The average molecular weight is 246 g/mol. The fourth-order valence-corrected chi connectivity index (χ4v) is 1.33. The van der Waals surface area contributed by atoms with Crippen molar-refractivity contribution in [2.24, 2.45) is 0 Å². The Bertz CT molecular complexity index is 607. The molecule has 0 saturated heterocycles. The van der Waals surface area contributed by atoms with Crippen molar-refractivity contribution in [1.29, 1.82) is 0 Å². The summed E-state index contributed by atoms with van der Waals surface area (Å²) in [6.07, 6.45) is 2.47. The molecule has 0 spiro atoms. The van der Waals surface area contributed by atoms with Gasteiger partial charge in [0.1, 0.15) is 11.4 Å². The van der Waals surface area contributed by atoms with Crippen LogP contribution in [0.5, 0.6) is 0 Å². The standard InChI is InChI=1S/C12H10N2O4/c1-17-12(16)14-9-4-5-10(18-11(9)15)8-3-2-6-13-7-8/h2-7H,1H3,(H,14,16). The maximum Gasteiger partial charge on any atom is 0.411 e. The van der Waals surface area contributed by atoms with Gasteiger partial charge in [-0.1, -0.05) is 0 Å². The minimum absolute atomic E-state index is 0.0227. The molecule has 0 bridgehead atoms. The number of carbonyl (C=O) groups is 1. The van der Waals surface area contributed by atoms with E-state index in [4.69, 9.17) is 4.42 Å². The molecule has 92 valence electrons. The molecule has 0 aromatic carbocycles. The number of hydrogen-bond donors (Lipinski definition) is 1. The summed E-state index contributed by atoms with van der Waals surface area (Å²) in [6, 6.07) is 6.52. The Kier molecular flexibility index (Phi) is 3.38. The van der Waals surface area contributed by atoms with E-state index in [1.807, 2.05) is 0 Å². The van der Waals surface area contributed by atoms with Gasteiger partial charge in [-0.3, -0.25) is 10.3 Å². The Morgan fingerprint density at radius 2 is 2.22 bits per heavy atom. The third kappa shape index (κ3) is 2.54. The third-order valence-electron chi connectivity index (χ3n) is 2.19. The number of aromatic nitrogens is 1. The Labute approximate surface area is 102 Å². The highest BCUT2D eigenvalue weighted by Crippen LogP contribution is 2.17. The van der Waals surface area contributed by atoms with Crippen LogP contribution in [0.1, 0.15) is 0 Å². The fourth-order valence-electron chi connectivity index (χ4n) is 1.33. The number of carbonyl (C=O) groups excluding carboxylic acids is 1. The Morgan fingerprint density at radius 3 is 2.83 bits per heavy atom. The van der Waals surface area contributed by atoms with Crippen LogP contribution in [0.4, 0.5) is 10.5 Å². The van der Waals surface area contributed by atoms with E-state index in [1.54, 1.807) is 30.6 Å². The molecule has 1 amide bonds. The highest BCUT2D eigenvalue weighted by atomic mass is 16.5. The number of nitrogens with one attached hydrogen (secondary N) is 1. The SMILES string of the molecule is COC(=O)Nc1ccc(-c2cccnc2)oc1=O. The van der Waals surface area contributed by atoms with E-state index in [-0.39, 0.29) is 5.69 Å². The molecule has 0 aliphatic heterocycles. The summed E-state index contributed by atoms with van der Waals surface area (Å²) in [5.41, 5.74) is 0.0514. The number of methoxy groups -OCH3 is 1. The first-order valence-corrected chi connectivity index (χ1v) is 5.10. The molecule has 2 aromatic heterocycles. The van der Waals surface area contributed by atoms with Crippen molar-refractivity contribution in [2.75, 3.05) is 12.4 Å². The Morgan fingerprint density at radius 1 is 1.39 bits per heavy atom. The van der Waals surface area contributed by atoms with Gasteiger partial charge in [0.25, 0.3) is 0 Å². The lowest BCUT2D eigenvalue weighted by Crippen LogP contribution is -2.17. The van der Waals surface area contributed by atoms with Gasteiger partial charge in [-0.2, -0.15) is 0 Å². The van der Waals surface area contributed by atoms with Crippen LogP contribution in [0.3, 0.4) is 0 Å². The summed E-state index contributed by atoms with van der Waals surface area (Å²) in [5, 5.41) is 2.26. The van der Waals surface area contributed by atoms with Crippen molar-refractivity contribution in [1.82, 2.24) is 4.98 Å². The van der Waals surface area contributed by atoms with Crippen LogP contribution in [0, 0.1) is 0 Å². The van der Waals surface area contributed by atoms with Gasteiger partial charge in [-0.25, -0.2) is 9.59 Å². The van der Waals surface area contributed by atoms with E-state index < -0.39 is 11.7 Å². The van der Waals surface area contributed by atoms with Crippen LogP contribution in [0.2, 0.25) is 0 Å². The summed E-state index contributed by atoms with van der Waals surface area (Å²) in [7, 11) is 1.21. The molecule has 0 atom stereocenters. The van der Waals surface area contributed by atoms with Gasteiger partial charge in [-0.15, -0.1) is 0 Å². The number of anilines is 1. The van der Waals surface area contributed by atoms with E-state index in [2.05, 4.69) is 15.0 Å². The second-order valence-corrected chi connectivity index (χ2v) is 3.36. The fraction of sp³-hybridized carbons (Fsp3) is 0.0833. The van der Waals surface area contributed by atoms with Crippen LogP contribution >= 0.6 is 0 Å². The smallest absolute Gasteiger partial charge is 0.411 e. The number of rotatable bonds is 2. The van der Waals surface area contributed by atoms with Gasteiger partial charge in [0.05, 0.1) is 7.11 Å². The highest BCUT2D eigenvalue weighted by molar-refractivity contribution is 5.84.